The van der Waals surface area contributed by atoms with Gasteiger partial charge >= 0.3 is 0 Å². The van der Waals surface area contributed by atoms with Gasteiger partial charge in [-0.05, 0) is 49.6 Å². The number of hydrogen-bond donors (Lipinski definition) is 1. The van der Waals surface area contributed by atoms with E-state index in [0.717, 1.165) is 19.5 Å². The molecule has 3 rings (SSSR count). The topological polar surface area (TPSA) is 34.0 Å². The molecule has 1 heterocycles. The zero-order valence-electron chi connectivity index (χ0n) is 13.1. The fraction of sp³-hybridized carbons (Fsp3) is 0.421. The maximum atomic E-state index is 12.0. The van der Waals surface area contributed by atoms with Crippen molar-refractivity contribution in [3.8, 4) is 0 Å². The molecule has 1 aliphatic carbocycles. The number of carbonyl (C=O) groups excluding carboxylic acids is 1. The van der Waals surface area contributed by atoms with Gasteiger partial charge in [0, 0.05) is 31.2 Å². The molecule has 0 bridgehead atoms. The molecule has 1 aliphatic rings. The Balaban J connectivity index is 1.43. The largest absolute Gasteiger partial charge is 0.356 e. The summed E-state index contributed by atoms with van der Waals surface area (Å²) < 4.78 is 2.15. The Bertz CT molecular complexity index is 669. The molecule has 0 saturated heterocycles. The molecular formula is C19H24N2O. The lowest BCUT2D eigenvalue weighted by Gasteiger charge is -2.13. The van der Waals surface area contributed by atoms with Crippen LogP contribution < -0.4 is 5.32 Å². The van der Waals surface area contributed by atoms with E-state index in [2.05, 4.69) is 40.4 Å². The molecule has 0 aliphatic heterocycles. The van der Waals surface area contributed by atoms with Gasteiger partial charge in [0.1, 0.15) is 0 Å². The fourth-order valence-corrected chi connectivity index (χ4v) is 3.14. The van der Waals surface area contributed by atoms with Crippen LogP contribution >= 0.6 is 0 Å². The molecule has 0 atom stereocenters. The second-order valence-electron chi connectivity index (χ2n) is 6.03. The van der Waals surface area contributed by atoms with Gasteiger partial charge in [-0.3, -0.25) is 4.79 Å². The molecule has 22 heavy (non-hydrogen) atoms. The second kappa shape index (κ2) is 7.30. The quantitative estimate of drug-likeness (QED) is 0.802. The number of allylic oxidation sites excluding steroid dienone is 1. The number of amides is 1. The van der Waals surface area contributed by atoms with Crippen molar-refractivity contribution in [2.45, 2.75) is 45.1 Å². The molecule has 1 aromatic heterocycles. The Labute approximate surface area is 132 Å². The number of fused-ring (bicyclic) bond motifs is 1. The molecule has 116 valence electrons. The number of aryl methyl sites for hydroxylation is 1. The van der Waals surface area contributed by atoms with Crippen LogP contribution in [0.15, 0.2) is 48.2 Å². The summed E-state index contributed by atoms with van der Waals surface area (Å²) in [5.74, 6) is 0.147. The van der Waals surface area contributed by atoms with Crippen LogP contribution in [0.1, 0.15) is 38.5 Å². The van der Waals surface area contributed by atoms with Crippen LogP contribution in [-0.4, -0.2) is 17.0 Å². The maximum Gasteiger partial charge on any atom is 0.221 e. The Morgan fingerprint density at radius 1 is 1.18 bits per heavy atom. The number of nitrogens with one attached hydrogen (secondary N) is 1. The summed E-state index contributed by atoms with van der Waals surface area (Å²) >= 11 is 0. The summed E-state index contributed by atoms with van der Waals surface area (Å²) in [6.07, 6.45) is 11.0. The normalized spacial score (nSPS) is 14.8. The minimum atomic E-state index is 0.147. The Morgan fingerprint density at radius 2 is 2.09 bits per heavy atom. The van der Waals surface area contributed by atoms with E-state index in [1.807, 2.05) is 12.1 Å². The van der Waals surface area contributed by atoms with Crippen molar-refractivity contribution < 1.29 is 4.79 Å². The van der Waals surface area contributed by atoms with Crippen molar-refractivity contribution in [1.29, 1.82) is 0 Å². The lowest BCUT2D eigenvalue weighted by atomic mass is 9.97. The van der Waals surface area contributed by atoms with Crippen molar-refractivity contribution >= 4 is 16.8 Å². The maximum absolute atomic E-state index is 12.0. The zero-order chi connectivity index (χ0) is 15.2. The lowest BCUT2D eigenvalue weighted by molar-refractivity contribution is -0.121. The first-order chi connectivity index (χ1) is 10.8. The molecule has 2 aromatic rings. The number of aromatic nitrogens is 1. The summed E-state index contributed by atoms with van der Waals surface area (Å²) in [7, 11) is 0. The van der Waals surface area contributed by atoms with E-state index >= 15 is 0 Å². The minimum absolute atomic E-state index is 0.147. The van der Waals surface area contributed by atoms with E-state index < -0.39 is 0 Å². The minimum Gasteiger partial charge on any atom is -0.356 e. The standard InChI is InChI=1S/C19H24N2O/c22-19(20-13-10-16-6-2-1-3-7-16)12-15-21-14-11-17-8-4-5-9-18(17)21/h4-6,8-9,11,14H,1-3,7,10,12-13,15H2,(H,20,22). The molecule has 3 heteroatoms. The molecule has 3 nitrogen and oxygen atoms in total. The smallest absolute Gasteiger partial charge is 0.221 e. The Hall–Kier alpha value is -2.03. The van der Waals surface area contributed by atoms with Crippen LogP contribution in [0.5, 0.6) is 0 Å². The molecule has 1 aromatic carbocycles. The number of carbonyl (C=O) groups is 1. The first kappa shape index (κ1) is 14.9. The number of para-hydroxylation sites is 1. The van der Waals surface area contributed by atoms with Gasteiger partial charge in [-0.25, -0.2) is 0 Å². The highest BCUT2D eigenvalue weighted by molar-refractivity contribution is 5.80. The van der Waals surface area contributed by atoms with Crippen LogP contribution in [0, 0.1) is 0 Å². The number of nitrogens with zero attached hydrogens (tertiary/aromatic N) is 1. The molecule has 0 spiro atoms. The molecular weight excluding hydrogens is 272 g/mol. The molecule has 0 fully saturated rings. The second-order valence-corrected chi connectivity index (χ2v) is 6.03. The predicted octanol–water partition coefficient (Wildman–Crippen LogP) is 4.04. The zero-order valence-corrected chi connectivity index (χ0v) is 13.1. The summed E-state index contributed by atoms with van der Waals surface area (Å²) in [5, 5.41) is 4.28. The van der Waals surface area contributed by atoms with Crippen LogP contribution in [0.4, 0.5) is 0 Å². The third-order valence-corrected chi connectivity index (χ3v) is 4.41. The highest BCUT2D eigenvalue weighted by atomic mass is 16.1. The molecule has 0 saturated carbocycles. The van der Waals surface area contributed by atoms with E-state index in [4.69, 9.17) is 0 Å². The fourth-order valence-electron chi connectivity index (χ4n) is 3.14. The van der Waals surface area contributed by atoms with Crippen molar-refractivity contribution in [3.63, 3.8) is 0 Å². The van der Waals surface area contributed by atoms with Crippen LogP contribution in [-0.2, 0) is 11.3 Å². The van der Waals surface area contributed by atoms with E-state index in [-0.39, 0.29) is 5.91 Å². The van der Waals surface area contributed by atoms with E-state index in [0.29, 0.717) is 6.42 Å². The first-order valence-electron chi connectivity index (χ1n) is 8.31. The van der Waals surface area contributed by atoms with Crippen LogP contribution in [0.25, 0.3) is 10.9 Å². The van der Waals surface area contributed by atoms with Crippen molar-refractivity contribution in [2.75, 3.05) is 6.54 Å². The highest BCUT2D eigenvalue weighted by Gasteiger charge is 2.06. The Morgan fingerprint density at radius 3 is 2.95 bits per heavy atom. The van der Waals surface area contributed by atoms with Gasteiger partial charge in [0.25, 0.3) is 0 Å². The molecule has 1 amide bonds. The molecule has 0 unspecified atom stereocenters. The van der Waals surface area contributed by atoms with Gasteiger partial charge in [-0.15, -0.1) is 0 Å². The highest BCUT2D eigenvalue weighted by Crippen LogP contribution is 2.19. The van der Waals surface area contributed by atoms with Crippen LogP contribution in [0.3, 0.4) is 0 Å². The Kier molecular flexibility index (Phi) is 4.94. The van der Waals surface area contributed by atoms with Gasteiger partial charge < -0.3 is 9.88 Å². The third kappa shape index (κ3) is 3.79. The van der Waals surface area contributed by atoms with E-state index in [1.165, 1.54) is 42.2 Å². The van der Waals surface area contributed by atoms with Crippen molar-refractivity contribution in [3.05, 3.63) is 48.2 Å². The molecule has 0 radical (unpaired) electrons. The van der Waals surface area contributed by atoms with Crippen molar-refractivity contribution in [1.82, 2.24) is 9.88 Å². The third-order valence-electron chi connectivity index (χ3n) is 4.41. The number of hydrogen-bond acceptors (Lipinski definition) is 1. The summed E-state index contributed by atoms with van der Waals surface area (Å²) in [6, 6.07) is 10.4. The average molecular weight is 296 g/mol. The first-order valence-corrected chi connectivity index (χ1v) is 8.31. The summed E-state index contributed by atoms with van der Waals surface area (Å²) in [6.45, 7) is 1.51. The van der Waals surface area contributed by atoms with Gasteiger partial charge in [-0.2, -0.15) is 0 Å². The van der Waals surface area contributed by atoms with Gasteiger partial charge in [-0.1, -0.05) is 29.8 Å². The van der Waals surface area contributed by atoms with E-state index in [9.17, 15) is 4.79 Å². The summed E-state index contributed by atoms with van der Waals surface area (Å²) in [4.78, 5) is 12.0. The van der Waals surface area contributed by atoms with Gasteiger partial charge in [0.05, 0.1) is 0 Å². The van der Waals surface area contributed by atoms with E-state index in [1.54, 1.807) is 0 Å². The van der Waals surface area contributed by atoms with Crippen LogP contribution in [0.2, 0.25) is 0 Å². The van der Waals surface area contributed by atoms with Gasteiger partial charge in [0.2, 0.25) is 5.91 Å². The predicted molar refractivity (Wildman–Crippen MR) is 90.7 cm³/mol. The monoisotopic (exact) mass is 296 g/mol. The SMILES string of the molecule is O=C(CCn1ccc2ccccc21)NCCC1=CCCCC1. The molecule has 1 N–H and O–H groups in total. The van der Waals surface area contributed by atoms with Gasteiger partial charge in [0.15, 0.2) is 0 Å². The average Bonchev–Trinajstić information content (AvgIpc) is 2.97. The lowest BCUT2D eigenvalue weighted by Crippen LogP contribution is -2.25. The number of rotatable bonds is 6. The number of benzene rings is 1. The summed E-state index contributed by atoms with van der Waals surface area (Å²) in [5.41, 5.74) is 2.71. The van der Waals surface area contributed by atoms with Crippen molar-refractivity contribution in [2.24, 2.45) is 0 Å².